The Morgan fingerprint density at radius 2 is 1.41 bits per heavy atom. The van der Waals surface area contributed by atoms with Crippen molar-refractivity contribution in [1.29, 1.82) is 0 Å². The maximum Gasteiger partial charge on any atom is 0.131 e. The third-order valence-corrected chi connectivity index (χ3v) is 7.52. The van der Waals surface area contributed by atoms with Gasteiger partial charge in [0.05, 0.1) is 13.2 Å². The summed E-state index contributed by atoms with van der Waals surface area (Å²) in [5.74, 6) is 1.17. The fourth-order valence-electron chi connectivity index (χ4n) is 5.10. The van der Waals surface area contributed by atoms with Gasteiger partial charge in [0, 0.05) is 18.8 Å². The average molecular weight is 501 g/mol. The molecule has 0 amide bonds. The first-order valence-electron chi connectivity index (χ1n) is 13.9. The van der Waals surface area contributed by atoms with E-state index in [4.69, 9.17) is 9.47 Å². The summed E-state index contributed by atoms with van der Waals surface area (Å²) in [6, 6.07) is 22.1. The van der Waals surface area contributed by atoms with E-state index in [2.05, 4.69) is 56.0 Å². The number of ether oxygens (including phenoxy) is 2. The molecule has 0 atom stereocenters. The van der Waals surface area contributed by atoms with Gasteiger partial charge in [-0.15, -0.1) is 6.58 Å². The summed E-state index contributed by atoms with van der Waals surface area (Å²) in [5, 5.41) is 0. The highest BCUT2D eigenvalue weighted by molar-refractivity contribution is 5.71. The lowest BCUT2D eigenvalue weighted by molar-refractivity contribution is 0.0701. The quantitative estimate of drug-likeness (QED) is 0.172. The van der Waals surface area contributed by atoms with Gasteiger partial charge in [0.25, 0.3) is 0 Å². The zero-order chi connectivity index (χ0) is 25.9. The fourth-order valence-corrected chi connectivity index (χ4v) is 5.10. The van der Waals surface area contributed by atoms with Crippen LogP contribution in [0.25, 0.3) is 22.3 Å². The van der Waals surface area contributed by atoms with Crippen molar-refractivity contribution in [3.63, 3.8) is 0 Å². The first kappa shape index (κ1) is 27.3. The zero-order valence-electron chi connectivity index (χ0n) is 22.3. The molecule has 3 heteroatoms. The van der Waals surface area contributed by atoms with Crippen LogP contribution in [0.1, 0.15) is 63.0 Å². The monoisotopic (exact) mass is 500 g/mol. The number of hydrogen-bond acceptors (Lipinski definition) is 2. The molecule has 0 radical (unpaired) electrons. The minimum Gasteiger partial charge on any atom is -0.377 e. The number of benzene rings is 3. The number of rotatable bonds is 13. The van der Waals surface area contributed by atoms with E-state index in [1.165, 1.54) is 44.1 Å². The molecule has 0 bridgehead atoms. The van der Waals surface area contributed by atoms with Crippen LogP contribution in [0.3, 0.4) is 0 Å². The van der Waals surface area contributed by atoms with Crippen molar-refractivity contribution in [2.45, 2.75) is 65.1 Å². The van der Waals surface area contributed by atoms with Crippen LogP contribution in [0.4, 0.5) is 4.39 Å². The molecule has 0 aromatic heterocycles. The van der Waals surface area contributed by atoms with Crippen LogP contribution >= 0.6 is 0 Å². The van der Waals surface area contributed by atoms with Gasteiger partial charge in [-0.1, -0.05) is 86.5 Å². The minimum atomic E-state index is -0.208. The van der Waals surface area contributed by atoms with E-state index in [0.717, 1.165) is 41.9 Å². The van der Waals surface area contributed by atoms with Gasteiger partial charge in [0.2, 0.25) is 0 Å². The Hall–Kier alpha value is -2.75. The van der Waals surface area contributed by atoms with Crippen molar-refractivity contribution >= 4 is 0 Å². The van der Waals surface area contributed by atoms with Crippen molar-refractivity contribution in [3.8, 4) is 22.3 Å². The minimum absolute atomic E-state index is 0.208. The molecule has 0 N–H and O–H groups in total. The van der Waals surface area contributed by atoms with Crippen LogP contribution < -0.4 is 0 Å². The van der Waals surface area contributed by atoms with Gasteiger partial charge < -0.3 is 9.47 Å². The Balaban J connectivity index is 1.27. The molecule has 37 heavy (non-hydrogen) atoms. The first-order valence-corrected chi connectivity index (χ1v) is 13.9. The van der Waals surface area contributed by atoms with Gasteiger partial charge in [0.15, 0.2) is 0 Å². The summed E-state index contributed by atoms with van der Waals surface area (Å²) >= 11 is 0. The Morgan fingerprint density at radius 3 is 2.05 bits per heavy atom. The number of hydrogen-bond donors (Lipinski definition) is 0. The maximum atomic E-state index is 14.8. The molecule has 1 aliphatic rings. The molecule has 3 aromatic carbocycles. The standard InChI is InChI=1S/C34H41FO2/c1-3-5-6-21-36-25-29-13-20-33(34(35)22-29)32-18-16-31(17-19-32)30-14-11-28(12-15-30)24-37-23-27-9-7-26(4-2)8-10-27/h4,11-20,22,26-27H,2-3,5-10,21,23-25H2,1H3/t26-,27-. The van der Waals surface area contributed by atoms with Crippen LogP contribution in [0.5, 0.6) is 0 Å². The van der Waals surface area contributed by atoms with Crippen molar-refractivity contribution in [1.82, 2.24) is 0 Å². The smallest absolute Gasteiger partial charge is 0.131 e. The molecule has 1 aliphatic carbocycles. The summed E-state index contributed by atoms with van der Waals surface area (Å²) in [7, 11) is 0. The van der Waals surface area contributed by atoms with Gasteiger partial charge in [-0.3, -0.25) is 0 Å². The molecule has 2 nitrogen and oxygen atoms in total. The summed E-state index contributed by atoms with van der Waals surface area (Å²) in [6.07, 6.45) is 10.5. The van der Waals surface area contributed by atoms with Gasteiger partial charge in [-0.25, -0.2) is 4.39 Å². The molecule has 0 saturated heterocycles. The van der Waals surface area contributed by atoms with E-state index >= 15 is 0 Å². The highest BCUT2D eigenvalue weighted by atomic mass is 19.1. The van der Waals surface area contributed by atoms with E-state index in [-0.39, 0.29) is 5.82 Å². The topological polar surface area (TPSA) is 18.5 Å². The Kier molecular flexibility index (Phi) is 10.5. The van der Waals surface area contributed by atoms with E-state index in [0.29, 0.717) is 30.6 Å². The molecule has 3 aromatic rings. The largest absolute Gasteiger partial charge is 0.377 e. The fraction of sp³-hybridized carbons (Fsp3) is 0.412. The second-order valence-electron chi connectivity index (χ2n) is 10.4. The SMILES string of the molecule is C=C[C@H]1CC[C@H](COCc2ccc(-c3ccc(-c4ccc(COCCCCC)cc4F)cc3)cc2)CC1. The molecule has 0 heterocycles. The second kappa shape index (κ2) is 14.3. The predicted molar refractivity (Wildman–Crippen MR) is 152 cm³/mol. The molecule has 196 valence electrons. The second-order valence-corrected chi connectivity index (χ2v) is 10.4. The third-order valence-electron chi connectivity index (χ3n) is 7.52. The molecule has 4 rings (SSSR count). The van der Waals surface area contributed by atoms with Gasteiger partial charge >= 0.3 is 0 Å². The highest BCUT2D eigenvalue weighted by Crippen LogP contribution is 2.30. The van der Waals surface area contributed by atoms with E-state index in [9.17, 15) is 4.39 Å². The molecule has 0 unspecified atom stereocenters. The number of unbranched alkanes of at least 4 members (excludes halogenated alkanes) is 2. The normalized spacial score (nSPS) is 17.6. The molecule has 0 spiro atoms. The molecule has 0 aliphatic heterocycles. The van der Waals surface area contributed by atoms with E-state index in [1.807, 2.05) is 24.3 Å². The number of halogens is 1. The Morgan fingerprint density at radius 1 is 0.784 bits per heavy atom. The van der Waals surface area contributed by atoms with Gasteiger partial charge in [-0.05, 0) is 77.8 Å². The number of allylic oxidation sites excluding steroid dienone is 1. The van der Waals surface area contributed by atoms with Crippen molar-refractivity contribution < 1.29 is 13.9 Å². The molecule has 1 saturated carbocycles. The van der Waals surface area contributed by atoms with E-state index in [1.54, 1.807) is 6.07 Å². The Labute approximate surface area is 222 Å². The highest BCUT2D eigenvalue weighted by Gasteiger charge is 2.19. The van der Waals surface area contributed by atoms with Crippen molar-refractivity contribution in [3.05, 3.63) is 96.3 Å². The first-order chi connectivity index (χ1) is 18.2. The van der Waals surface area contributed by atoms with Crippen molar-refractivity contribution in [2.75, 3.05) is 13.2 Å². The summed E-state index contributed by atoms with van der Waals surface area (Å²) in [6.45, 7) is 8.78. The van der Waals surface area contributed by atoms with Crippen LogP contribution in [0, 0.1) is 17.7 Å². The van der Waals surface area contributed by atoms with Gasteiger partial charge in [0.1, 0.15) is 5.82 Å². The van der Waals surface area contributed by atoms with Crippen LogP contribution in [0.2, 0.25) is 0 Å². The zero-order valence-corrected chi connectivity index (χ0v) is 22.3. The average Bonchev–Trinajstić information content (AvgIpc) is 2.94. The molecule has 1 fully saturated rings. The van der Waals surface area contributed by atoms with Crippen LogP contribution in [0.15, 0.2) is 79.4 Å². The Bertz CT molecular complexity index is 1100. The predicted octanol–water partition coefficient (Wildman–Crippen LogP) is 9.38. The molecular formula is C34H41FO2. The van der Waals surface area contributed by atoms with Crippen LogP contribution in [-0.2, 0) is 22.7 Å². The van der Waals surface area contributed by atoms with E-state index < -0.39 is 0 Å². The van der Waals surface area contributed by atoms with Crippen molar-refractivity contribution in [2.24, 2.45) is 11.8 Å². The summed E-state index contributed by atoms with van der Waals surface area (Å²) in [4.78, 5) is 0. The lowest BCUT2D eigenvalue weighted by Crippen LogP contribution is -2.17. The lowest BCUT2D eigenvalue weighted by atomic mass is 9.82. The van der Waals surface area contributed by atoms with Gasteiger partial charge in [-0.2, -0.15) is 0 Å². The summed E-state index contributed by atoms with van der Waals surface area (Å²) in [5.41, 5.74) is 5.83. The summed E-state index contributed by atoms with van der Waals surface area (Å²) < 4.78 is 26.5. The van der Waals surface area contributed by atoms with Crippen LogP contribution in [-0.4, -0.2) is 13.2 Å². The molecular weight excluding hydrogens is 459 g/mol. The maximum absolute atomic E-state index is 14.8. The third kappa shape index (κ3) is 8.12. The lowest BCUT2D eigenvalue weighted by Gasteiger charge is -2.26.